The SMILES string of the molecule is CCCCCCCCCCCCCCCCC(CCCl)C(N)=O. The molecule has 0 bridgehead atoms. The molecule has 0 aliphatic carbocycles. The second kappa shape index (κ2) is 18.1. The molecule has 0 aromatic carbocycles. The zero-order valence-electron chi connectivity index (χ0n) is 15.5. The van der Waals surface area contributed by atoms with Gasteiger partial charge in [0.25, 0.3) is 0 Å². The van der Waals surface area contributed by atoms with Gasteiger partial charge in [0.1, 0.15) is 0 Å². The van der Waals surface area contributed by atoms with Crippen molar-refractivity contribution in [3.8, 4) is 0 Å². The van der Waals surface area contributed by atoms with Crippen molar-refractivity contribution < 1.29 is 4.79 Å². The van der Waals surface area contributed by atoms with Gasteiger partial charge in [-0.15, -0.1) is 11.6 Å². The second-order valence-corrected chi connectivity index (χ2v) is 7.34. The van der Waals surface area contributed by atoms with Crippen molar-refractivity contribution in [1.29, 1.82) is 0 Å². The van der Waals surface area contributed by atoms with Crippen LogP contribution in [0.3, 0.4) is 0 Å². The number of carbonyl (C=O) groups excluding carboxylic acids is 1. The van der Waals surface area contributed by atoms with Crippen molar-refractivity contribution in [2.24, 2.45) is 11.7 Å². The van der Waals surface area contributed by atoms with E-state index in [1.54, 1.807) is 0 Å². The number of hydrogen-bond donors (Lipinski definition) is 1. The maximum atomic E-state index is 11.2. The molecule has 0 radical (unpaired) electrons. The van der Waals surface area contributed by atoms with Gasteiger partial charge >= 0.3 is 0 Å². The summed E-state index contributed by atoms with van der Waals surface area (Å²) in [6.45, 7) is 2.27. The summed E-state index contributed by atoms with van der Waals surface area (Å²) < 4.78 is 0. The van der Waals surface area contributed by atoms with E-state index in [1.165, 1.54) is 83.5 Å². The van der Waals surface area contributed by atoms with Crippen molar-refractivity contribution >= 4 is 17.5 Å². The molecule has 1 unspecified atom stereocenters. The van der Waals surface area contributed by atoms with Gasteiger partial charge in [0.2, 0.25) is 5.91 Å². The van der Waals surface area contributed by atoms with Crippen molar-refractivity contribution in [1.82, 2.24) is 0 Å². The summed E-state index contributed by atoms with van der Waals surface area (Å²) >= 11 is 5.70. The van der Waals surface area contributed by atoms with Crippen LogP contribution in [0.1, 0.15) is 110 Å². The highest BCUT2D eigenvalue weighted by molar-refractivity contribution is 6.17. The summed E-state index contributed by atoms with van der Waals surface area (Å²) in [5.74, 6) is 0.344. The molecule has 0 aliphatic heterocycles. The van der Waals surface area contributed by atoms with Crippen molar-refractivity contribution in [3.63, 3.8) is 0 Å². The Balaban J connectivity index is 3.20. The summed E-state index contributed by atoms with van der Waals surface area (Å²) in [5, 5.41) is 0. The number of halogens is 1. The molecule has 3 heteroatoms. The summed E-state index contributed by atoms with van der Waals surface area (Å²) in [7, 11) is 0. The largest absolute Gasteiger partial charge is 0.369 e. The zero-order valence-corrected chi connectivity index (χ0v) is 16.2. The third-order valence-corrected chi connectivity index (χ3v) is 4.98. The van der Waals surface area contributed by atoms with Gasteiger partial charge in [-0.3, -0.25) is 4.79 Å². The van der Waals surface area contributed by atoms with Gasteiger partial charge in [-0.1, -0.05) is 96.8 Å². The Morgan fingerprint density at radius 1 is 0.739 bits per heavy atom. The molecule has 0 fully saturated rings. The lowest BCUT2D eigenvalue weighted by Crippen LogP contribution is -2.23. The van der Waals surface area contributed by atoms with E-state index in [4.69, 9.17) is 17.3 Å². The number of primary amides is 1. The highest BCUT2D eigenvalue weighted by atomic mass is 35.5. The topological polar surface area (TPSA) is 43.1 Å². The van der Waals surface area contributed by atoms with Crippen molar-refractivity contribution in [2.45, 2.75) is 110 Å². The first-order chi connectivity index (χ1) is 11.2. The molecule has 0 saturated heterocycles. The molecule has 0 rings (SSSR count). The molecular weight excluding hydrogens is 306 g/mol. The molecule has 0 spiro atoms. The molecule has 0 heterocycles. The smallest absolute Gasteiger partial charge is 0.220 e. The molecule has 2 nitrogen and oxygen atoms in total. The van der Waals surface area contributed by atoms with Gasteiger partial charge in [-0.2, -0.15) is 0 Å². The lowest BCUT2D eigenvalue weighted by atomic mass is 9.97. The number of carbonyl (C=O) groups is 1. The average molecular weight is 346 g/mol. The number of nitrogens with two attached hydrogens (primary N) is 1. The Labute approximate surface area is 149 Å². The van der Waals surface area contributed by atoms with Crippen molar-refractivity contribution in [2.75, 3.05) is 5.88 Å². The van der Waals surface area contributed by atoms with Gasteiger partial charge in [0.05, 0.1) is 0 Å². The first-order valence-corrected chi connectivity index (χ1v) is 10.6. The maximum absolute atomic E-state index is 11.2. The third kappa shape index (κ3) is 16.4. The molecule has 0 aliphatic rings. The lowest BCUT2D eigenvalue weighted by molar-refractivity contribution is -0.122. The van der Waals surface area contributed by atoms with Gasteiger partial charge in [0.15, 0.2) is 0 Å². The van der Waals surface area contributed by atoms with E-state index in [-0.39, 0.29) is 11.8 Å². The fraction of sp³-hybridized carbons (Fsp3) is 0.950. The van der Waals surface area contributed by atoms with Crippen LogP contribution in [-0.2, 0) is 4.79 Å². The number of hydrogen-bond acceptors (Lipinski definition) is 1. The first kappa shape index (κ1) is 22.8. The molecule has 23 heavy (non-hydrogen) atoms. The average Bonchev–Trinajstić information content (AvgIpc) is 2.54. The zero-order chi connectivity index (χ0) is 17.2. The summed E-state index contributed by atoms with van der Waals surface area (Å²) in [4.78, 5) is 11.2. The highest BCUT2D eigenvalue weighted by Crippen LogP contribution is 2.16. The first-order valence-electron chi connectivity index (χ1n) is 10.1. The Morgan fingerprint density at radius 2 is 1.13 bits per heavy atom. The number of amides is 1. The summed E-state index contributed by atoms with van der Waals surface area (Å²) in [5.41, 5.74) is 5.38. The van der Waals surface area contributed by atoms with E-state index in [0.717, 1.165) is 19.3 Å². The quantitative estimate of drug-likeness (QED) is 0.221. The Kier molecular flexibility index (Phi) is 17.9. The third-order valence-electron chi connectivity index (χ3n) is 4.77. The maximum Gasteiger partial charge on any atom is 0.220 e. The number of alkyl halides is 1. The van der Waals surface area contributed by atoms with Gasteiger partial charge in [-0.25, -0.2) is 0 Å². The van der Waals surface area contributed by atoms with Crippen LogP contribution in [0.15, 0.2) is 0 Å². The second-order valence-electron chi connectivity index (χ2n) is 6.96. The van der Waals surface area contributed by atoms with E-state index in [9.17, 15) is 4.79 Å². The minimum absolute atomic E-state index is 0.00942. The standard InChI is InChI=1S/C20H40ClNO/c1-2-3-4-5-6-7-8-9-10-11-12-13-14-15-16-19(17-18-21)20(22)23/h19H,2-18H2,1H3,(H2,22,23). The van der Waals surface area contributed by atoms with Crippen LogP contribution in [0.4, 0.5) is 0 Å². The molecule has 1 atom stereocenters. The van der Waals surface area contributed by atoms with Gasteiger partial charge in [-0.05, 0) is 12.8 Å². The van der Waals surface area contributed by atoms with E-state index >= 15 is 0 Å². The van der Waals surface area contributed by atoms with E-state index in [1.807, 2.05) is 0 Å². The van der Waals surface area contributed by atoms with Gasteiger partial charge in [0, 0.05) is 11.8 Å². The monoisotopic (exact) mass is 345 g/mol. The molecule has 0 aromatic rings. The lowest BCUT2D eigenvalue weighted by Gasteiger charge is -2.11. The Morgan fingerprint density at radius 3 is 1.48 bits per heavy atom. The van der Waals surface area contributed by atoms with E-state index in [0.29, 0.717) is 5.88 Å². The summed E-state index contributed by atoms with van der Waals surface area (Å²) in [6.07, 6.45) is 20.7. The minimum atomic E-state index is -0.180. The molecular formula is C20H40ClNO. The normalized spacial score (nSPS) is 12.4. The predicted molar refractivity (Wildman–Crippen MR) is 103 cm³/mol. The van der Waals surface area contributed by atoms with Crippen LogP contribution in [0.2, 0.25) is 0 Å². The van der Waals surface area contributed by atoms with Gasteiger partial charge < -0.3 is 5.73 Å². The predicted octanol–water partition coefficient (Wildman–Crippen LogP) is 6.59. The number of rotatable bonds is 18. The van der Waals surface area contributed by atoms with E-state index in [2.05, 4.69) is 6.92 Å². The molecule has 0 saturated carbocycles. The van der Waals surface area contributed by atoms with Crippen LogP contribution >= 0.6 is 11.6 Å². The summed E-state index contributed by atoms with van der Waals surface area (Å²) in [6, 6.07) is 0. The highest BCUT2D eigenvalue weighted by Gasteiger charge is 2.13. The Bertz CT molecular complexity index is 258. The molecule has 2 N–H and O–H groups in total. The minimum Gasteiger partial charge on any atom is -0.369 e. The molecule has 1 amide bonds. The van der Waals surface area contributed by atoms with Crippen LogP contribution in [-0.4, -0.2) is 11.8 Å². The van der Waals surface area contributed by atoms with Crippen LogP contribution in [0.25, 0.3) is 0 Å². The fourth-order valence-corrected chi connectivity index (χ4v) is 3.41. The van der Waals surface area contributed by atoms with Crippen LogP contribution < -0.4 is 5.73 Å². The Hall–Kier alpha value is -0.240. The molecule has 138 valence electrons. The van der Waals surface area contributed by atoms with Crippen molar-refractivity contribution in [3.05, 3.63) is 0 Å². The van der Waals surface area contributed by atoms with E-state index < -0.39 is 0 Å². The fourth-order valence-electron chi connectivity index (χ4n) is 3.15. The van der Waals surface area contributed by atoms with Crippen LogP contribution in [0.5, 0.6) is 0 Å². The number of unbranched alkanes of at least 4 members (excludes halogenated alkanes) is 13. The van der Waals surface area contributed by atoms with Crippen LogP contribution in [0, 0.1) is 5.92 Å². The molecule has 0 aromatic heterocycles.